The lowest BCUT2D eigenvalue weighted by Crippen LogP contribution is -2.55. The summed E-state index contributed by atoms with van der Waals surface area (Å²) in [7, 11) is 5.38. The maximum absolute atomic E-state index is 13.2. The summed E-state index contributed by atoms with van der Waals surface area (Å²) < 4.78 is 0. The van der Waals surface area contributed by atoms with Gasteiger partial charge in [0.05, 0.1) is 19.1 Å². The Morgan fingerprint density at radius 1 is 1.04 bits per heavy atom. The molecule has 0 aromatic carbocycles. The molecule has 156 valence electrons. The predicted octanol–water partition coefficient (Wildman–Crippen LogP) is -0.600. The quantitative estimate of drug-likeness (QED) is 0.524. The van der Waals surface area contributed by atoms with Crippen molar-refractivity contribution in [1.29, 1.82) is 0 Å². The maximum atomic E-state index is 13.2. The number of piperazine rings is 1. The molecule has 2 amide bonds. The van der Waals surface area contributed by atoms with E-state index in [4.69, 9.17) is 0 Å². The van der Waals surface area contributed by atoms with Crippen LogP contribution in [0.25, 0.3) is 0 Å². The summed E-state index contributed by atoms with van der Waals surface area (Å²) in [6, 6.07) is -0.720. The number of Topliss-reactive ketones (excluding diaryl/α,β-unsaturated/α-hetero) is 1. The summed E-state index contributed by atoms with van der Waals surface area (Å²) in [4.78, 5) is 43.9. The molecule has 1 heterocycles. The van der Waals surface area contributed by atoms with E-state index >= 15 is 0 Å². The van der Waals surface area contributed by atoms with E-state index in [1.165, 1.54) is 0 Å². The van der Waals surface area contributed by atoms with Gasteiger partial charge in [-0.25, -0.2) is 0 Å². The zero-order valence-corrected chi connectivity index (χ0v) is 17.7. The first-order valence-electron chi connectivity index (χ1n) is 9.82. The van der Waals surface area contributed by atoms with E-state index in [0.29, 0.717) is 13.0 Å². The van der Waals surface area contributed by atoms with Crippen LogP contribution in [0.4, 0.5) is 0 Å². The molecular formula is C19H37N5O3. The second-order valence-corrected chi connectivity index (χ2v) is 7.74. The van der Waals surface area contributed by atoms with Crippen molar-refractivity contribution in [2.75, 3.05) is 60.4 Å². The molecule has 0 saturated carbocycles. The van der Waals surface area contributed by atoms with Crippen molar-refractivity contribution in [2.24, 2.45) is 5.92 Å². The molecule has 0 bridgehead atoms. The van der Waals surface area contributed by atoms with E-state index in [1.807, 2.05) is 13.8 Å². The van der Waals surface area contributed by atoms with Crippen molar-refractivity contribution in [2.45, 2.75) is 39.3 Å². The maximum Gasteiger partial charge on any atom is 0.237 e. The molecule has 0 aromatic rings. The average Bonchev–Trinajstić information content (AvgIpc) is 2.62. The van der Waals surface area contributed by atoms with Crippen molar-refractivity contribution in [3.63, 3.8) is 0 Å². The zero-order chi connectivity index (χ0) is 20.6. The van der Waals surface area contributed by atoms with E-state index < -0.39 is 6.04 Å². The molecule has 8 nitrogen and oxygen atoms in total. The number of carbonyl (C=O) groups is 3. The van der Waals surface area contributed by atoms with E-state index in [9.17, 15) is 14.4 Å². The van der Waals surface area contributed by atoms with Crippen LogP contribution in [-0.2, 0) is 14.4 Å². The van der Waals surface area contributed by atoms with Crippen LogP contribution in [0.3, 0.4) is 0 Å². The van der Waals surface area contributed by atoms with Crippen LogP contribution in [0.15, 0.2) is 0 Å². The number of carbonyl (C=O) groups excluding carboxylic acids is 3. The number of rotatable bonds is 10. The van der Waals surface area contributed by atoms with Crippen molar-refractivity contribution in [3.8, 4) is 0 Å². The molecule has 1 aliphatic rings. The van der Waals surface area contributed by atoms with Crippen LogP contribution in [0.2, 0.25) is 0 Å². The topological polar surface area (TPSA) is 85.0 Å². The molecule has 2 N–H and O–H groups in total. The van der Waals surface area contributed by atoms with E-state index in [-0.39, 0.29) is 36.1 Å². The molecule has 0 aromatic heterocycles. The number of amides is 2. The lowest BCUT2D eigenvalue weighted by molar-refractivity contribution is -0.143. The van der Waals surface area contributed by atoms with Gasteiger partial charge in [0.15, 0.2) is 5.78 Å². The fraction of sp³-hybridized carbons (Fsp3) is 0.842. The van der Waals surface area contributed by atoms with Crippen molar-refractivity contribution in [1.82, 2.24) is 25.3 Å². The van der Waals surface area contributed by atoms with Crippen LogP contribution < -0.4 is 10.6 Å². The van der Waals surface area contributed by atoms with Gasteiger partial charge in [-0.2, -0.15) is 0 Å². The summed E-state index contributed by atoms with van der Waals surface area (Å²) in [5, 5.41) is 5.51. The molecule has 2 atom stereocenters. The molecule has 1 fully saturated rings. The Morgan fingerprint density at radius 2 is 1.63 bits per heavy atom. The fourth-order valence-electron chi connectivity index (χ4n) is 3.48. The number of hydrogen-bond donors (Lipinski definition) is 2. The third-order valence-electron chi connectivity index (χ3n) is 5.13. The summed E-state index contributed by atoms with van der Waals surface area (Å²) in [6.45, 7) is 9.65. The van der Waals surface area contributed by atoms with Gasteiger partial charge in [0, 0.05) is 45.2 Å². The third kappa shape index (κ3) is 7.20. The molecule has 0 aliphatic carbocycles. The Hall–Kier alpha value is -1.51. The van der Waals surface area contributed by atoms with Gasteiger partial charge in [0.25, 0.3) is 0 Å². The third-order valence-corrected chi connectivity index (χ3v) is 5.13. The molecule has 27 heavy (non-hydrogen) atoms. The highest BCUT2D eigenvalue weighted by Gasteiger charge is 2.34. The van der Waals surface area contributed by atoms with Gasteiger partial charge in [-0.1, -0.05) is 6.92 Å². The van der Waals surface area contributed by atoms with Gasteiger partial charge in [-0.15, -0.1) is 0 Å². The normalized spacial score (nSPS) is 18.2. The molecule has 0 radical (unpaired) electrons. The Morgan fingerprint density at radius 3 is 2.11 bits per heavy atom. The van der Waals surface area contributed by atoms with Crippen LogP contribution in [0.1, 0.15) is 27.2 Å². The summed E-state index contributed by atoms with van der Waals surface area (Å²) >= 11 is 0. The molecule has 8 heteroatoms. The van der Waals surface area contributed by atoms with Gasteiger partial charge >= 0.3 is 0 Å². The molecule has 0 spiro atoms. The Bertz CT molecular complexity index is 504. The number of likely N-dealkylation sites (N-methyl/N-ethyl adjacent to an activating group) is 2. The highest BCUT2D eigenvalue weighted by molar-refractivity contribution is 5.91. The minimum Gasteiger partial charge on any atom is -0.359 e. The second kappa shape index (κ2) is 11.4. The lowest BCUT2D eigenvalue weighted by atomic mass is 9.95. The SMILES string of the molecule is CNCC(=O)N(C(C)C)C(C[C@H](C)C(=O)NC)C(=O)CN1CCN(C)CC1. The Kier molecular flexibility index (Phi) is 9.90. The van der Waals surface area contributed by atoms with E-state index in [1.54, 1.807) is 25.9 Å². The van der Waals surface area contributed by atoms with Crippen molar-refractivity contribution >= 4 is 17.6 Å². The summed E-state index contributed by atoms with van der Waals surface area (Å²) in [5.74, 6) is -0.570. The smallest absolute Gasteiger partial charge is 0.237 e. The molecule has 1 saturated heterocycles. The van der Waals surface area contributed by atoms with E-state index in [2.05, 4.69) is 27.5 Å². The Labute approximate surface area is 163 Å². The van der Waals surface area contributed by atoms with Crippen LogP contribution in [0, 0.1) is 5.92 Å². The number of ketones is 1. The first-order valence-corrected chi connectivity index (χ1v) is 9.82. The van der Waals surface area contributed by atoms with Gasteiger partial charge < -0.3 is 20.4 Å². The first-order chi connectivity index (χ1) is 12.7. The summed E-state index contributed by atoms with van der Waals surface area (Å²) in [6.07, 6.45) is 0.333. The number of hydrogen-bond acceptors (Lipinski definition) is 6. The van der Waals surface area contributed by atoms with Crippen LogP contribution >= 0.6 is 0 Å². The van der Waals surface area contributed by atoms with E-state index in [0.717, 1.165) is 26.2 Å². The zero-order valence-electron chi connectivity index (χ0n) is 17.7. The van der Waals surface area contributed by atoms with Gasteiger partial charge in [0.1, 0.15) is 0 Å². The fourth-order valence-corrected chi connectivity index (χ4v) is 3.48. The monoisotopic (exact) mass is 383 g/mol. The van der Waals surface area contributed by atoms with Crippen molar-refractivity contribution < 1.29 is 14.4 Å². The molecule has 1 rings (SSSR count). The van der Waals surface area contributed by atoms with Crippen LogP contribution in [0.5, 0.6) is 0 Å². The van der Waals surface area contributed by atoms with Crippen LogP contribution in [-0.4, -0.2) is 105 Å². The second-order valence-electron chi connectivity index (χ2n) is 7.74. The number of nitrogens with one attached hydrogen (secondary N) is 2. The molecular weight excluding hydrogens is 346 g/mol. The van der Waals surface area contributed by atoms with Crippen molar-refractivity contribution in [3.05, 3.63) is 0 Å². The standard InChI is InChI=1S/C19H37N5O3/c1-14(2)24(18(26)12-20-4)16(11-15(3)19(27)21-5)17(25)13-23-9-7-22(6)8-10-23/h14-16,20H,7-13H2,1-6H3,(H,21,27)/t15-,16?/m0/s1. The van der Waals surface area contributed by atoms with Gasteiger partial charge in [-0.05, 0) is 34.4 Å². The molecule has 1 aliphatic heterocycles. The minimum absolute atomic E-state index is 0.00783. The van der Waals surface area contributed by atoms with Gasteiger partial charge in [-0.3, -0.25) is 19.3 Å². The minimum atomic E-state index is -0.599. The highest BCUT2D eigenvalue weighted by Crippen LogP contribution is 2.18. The highest BCUT2D eigenvalue weighted by atomic mass is 16.2. The number of nitrogens with zero attached hydrogens (tertiary/aromatic N) is 3. The van der Waals surface area contributed by atoms with Gasteiger partial charge in [0.2, 0.25) is 11.8 Å². The predicted molar refractivity (Wildman–Crippen MR) is 106 cm³/mol. The first kappa shape index (κ1) is 23.5. The Balaban J connectivity index is 2.98. The summed E-state index contributed by atoms with van der Waals surface area (Å²) in [5.41, 5.74) is 0. The molecule has 1 unspecified atom stereocenters. The largest absolute Gasteiger partial charge is 0.359 e. The lowest BCUT2D eigenvalue weighted by Gasteiger charge is -2.38. The average molecular weight is 384 g/mol.